The van der Waals surface area contributed by atoms with E-state index in [9.17, 15) is 22.0 Å². The number of hydrogen-bond donors (Lipinski definition) is 1. The summed E-state index contributed by atoms with van der Waals surface area (Å²) in [5, 5.41) is 0. The Bertz CT molecular complexity index is 907. The molecule has 0 amide bonds. The fourth-order valence-electron chi connectivity index (χ4n) is 7.30. The molecule has 2 fully saturated rings. The standard InChI is InChI=1S/C25H37IO.C5H7F5S/c1-5-24(2,3)14-12-18-16-17-8-6-7-9-19(17)20-13-15-25(4)21(23(18)20)10-11-22(25)27-26;6-4(7,2-1-3-11)5(8,9)10/h6-9,18,20-23H,5,10-16H2,1-4H3;11H,1-3H2. The highest BCUT2D eigenvalue weighted by Gasteiger charge is 2.58. The first kappa shape index (κ1) is 32.4. The third-order valence-electron chi connectivity index (χ3n) is 10.0. The summed E-state index contributed by atoms with van der Waals surface area (Å²) in [7, 11) is 0. The second-order valence-electron chi connectivity index (χ2n) is 12.7. The first-order valence-electron chi connectivity index (χ1n) is 14.1. The van der Waals surface area contributed by atoms with Gasteiger partial charge >= 0.3 is 12.1 Å². The van der Waals surface area contributed by atoms with Crippen LogP contribution in [0.1, 0.15) is 103 Å². The molecule has 0 bridgehead atoms. The summed E-state index contributed by atoms with van der Waals surface area (Å²) in [6, 6.07) is 9.40. The Labute approximate surface area is 245 Å². The van der Waals surface area contributed by atoms with Crippen LogP contribution in [-0.4, -0.2) is 24.0 Å². The second-order valence-corrected chi connectivity index (χ2v) is 13.7. The van der Waals surface area contributed by atoms with Crippen molar-refractivity contribution >= 4 is 35.6 Å². The Hall–Kier alpha value is -0.0900. The number of benzene rings is 1. The van der Waals surface area contributed by atoms with Crippen LogP contribution < -0.4 is 0 Å². The molecule has 1 aromatic rings. The van der Waals surface area contributed by atoms with Gasteiger partial charge < -0.3 is 3.07 Å². The fourth-order valence-corrected chi connectivity index (χ4v) is 8.30. The average Bonchev–Trinajstić information content (AvgIpc) is 3.22. The summed E-state index contributed by atoms with van der Waals surface area (Å²) in [6.07, 6.45) is 4.33. The minimum absolute atomic E-state index is 0.0334. The first-order chi connectivity index (χ1) is 17.7. The van der Waals surface area contributed by atoms with Gasteiger partial charge in [0.15, 0.2) is 0 Å². The van der Waals surface area contributed by atoms with Gasteiger partial charge in [-0.15, -0.1) is 0 Å². The lowest BCUT2D eigenvalue weighted by Gasteiger charge is -2.53. The molecule has 6 unspecified atom stereocenters. The van der Waals surface area contributed by atoms with Gasteiger partial charge in [-0.3, -0.25) is 0 Å². The summed E-state index contributed by atoms with van der Waals surface area (Å²) in [5.41, 5.74) is 4.22. The second kappa shape index (κ2) is 12.8. The van der Waals surface area contributed by atoms with Crippen LogP contribution in [0.4, 0.5) is 22.0 Å². The van der Waals surface area contributed by atoms with Crippen molar-refractivity contribution in [2.45, 2.75) is 116 Å². The van der Waals surface area contributed by atoms with E-state index in [4.69, 9.17) is 3.07 Å². The van der Waals surface area contributed by atoms with Gasteiger partial charge in [-0.1, -0.05) is 58.4 Å². The molecule has 0 saturated heterocycles. The predicted octanol–water partition coefficient (Wildman–Crippen LogP) is 10.6. The molecule has 0 heterocycles. The van der Waals surface area contributed by atoms with Crippen LogP contribution in [0.15, 0.2) is 24.3 Å². The van der Waals surface area contributed by atoms with E-state index < -0.39 is 18.5 Å². The van der Waals surface area contributed by atoms with Crippen LogP contribution in [0.25, 0.3) is 0 Å². The minimum Gasteiger partial charge on any atom is -0.312 e. The van der Waals surface area contributed by atoms with Crippen LogP contribution in [-0.2, 0) is 9.49 Å². The van der Waals surface area contributed by atoms with Gasteiger partial charge in [-0.25, -0.2) is 0 Å². The summed E-state index contributed by atoms with van der Waals surface area (Å²) < 4.78 is 64.0. The van der Waals surface area contributed by atoms with E-state index in [1.807, 2.05) is 0 Å². The zero-order valence-electron chi connectivity index (χ0n) is 23.1. The SMILES string of the molecule is CCC(C)(C)CCC1Cc2ccccc2C2CCC3(C)C(OI)CCC3C12.FC(F)(F)C(F)(F)CCCS. The molecule has 218 valence electrons. The number of alkyl halides is 5. The van der Waals surface area contributed by atoms with E-state index in [0.717, 1.165) is 23.7 Å². The van der Waals surface area contributed by atoms with E-state index in [1.165, 1.54) is 51.4 Å². The Balaban J connectivity index is 0.000000310. The molecule has 38 heavy (non-hydrogen) atoms. The summed E-state index contributed by atoms with van der Waals surface area (Å²) >= 11 is 5.70. The minimum atomic E-state index is -5.42. The summed E-state index contributed by atoms with van der Waals surface area (Å²) in [4.78, 5) is 0. The number of fused-ring (bicyclic) bond motifs is 5. The lowest BCUT2D eigenvalue weighted by molar-refractivity contribution is -0.284. The molecule has 0 spiro atoms. The maximum Gasteiger partial charge on any atom is 0.453 e. The Morgan fingerprint density at radius 1 is 1.05 bits per heavy atom. The highest BCUT2D eigenvalue weighted by molar-refractivity contribution is 14.1. The van der Waals surface area contributed by atoms with Crippen LogP contribution >= 0.6 is 35.6 Å². The molecule has 4 rings (SSSR count). The highest BCUT2D eigenvalue weighted by atomic mass is 127. The first-order valence-corrected chi connectivity index (χ1v) is 15.6. The molecule has 0 aliphatic heterocycles. The molecule has 1 aromatic carbocycles. The average molecular weight is 675 g/mol. The van der Waals surface area contributed by atoms with Crippen molar-refractivity contribution < 1.29 is 25.0 Å². The normalized spacial score (nSPS) is 31.1. The zero-order valence-corrected chi connectivity index (χ0v) is 26.1. The quantitative estimate of drug-likeness (QED) is 0.164. The Morgan fingerprint density at radius 2 is 1.74 bits per heavy atom. The van der Waals surface area contributed by atoms with Crippen molar-refractivity contribution in [3.8, 4) is 0 Å². The third-order valence-corrected chi connectivity index (χ3v) is 11.0. The number of halogens is 6. The van der Waals surface area contributed by atoms with Crippen molar-refractivity contribution in [2.24, 2.45) is 28.6 Å². The van der Waals surface area contributed by atoms with E-state index >= 15 is 0 Å². The fraction of sp³-hybridized carbons (Fsp3) is 0.800. The molecule has 1 nitrogen and oxygen atoms in total. The number of hydrogen-bond acceptors (Lipinski definition) is 2. The summed E-state index contributed by atoms with van der Waals surface area (Å²) in [6.45, 7) is 9.83. The Morgan fingerprint density at radius 3 is 2.34 bits per heavy atom. The molecule has 0 aromatic heterocycles. The predicted molar refractivity (Wildman–Crippen MR) is 156 cm³/mol. The van der Waals surface area contributed by atoms with E-state index in [1.54, 1.807) is 11.1 Å². The van der Waals surface area contributed by atoms with Gasteiger partial charge in [0, 0.05) is 6.42 Å². The van der Waals surface area contributed by atoms with Crippen LogP contribution in [0.5, 0.6) is 0 Å². The van der Waals surface area contributed by atoms with Crippen molar-refractivity contribution in [1.29, 1.82) is 0 Å². The van der Waals surface area contributed by atoms with E-state index in [-0.39, 0.29) is 12.2 Å². The Kier molecular flexibility index (Phi) is 10.9. The van der Waals surface area contributed by atoms with E-state index in [0.29, 0.717) is 16.9 Å². The third kappa shape index (κ3) is 7.03. The maximum atomic E-state index is 12.0. The zero-order chi connectivity index (χ0) is 28.4. The molecule has 6 atom stereocenters. The maximum absolute atomic E-state index is 12.0. The van der Waals surface area contributed by atoms with Gasteiger partial charge in [0.05, 0.1) is 6.10 Å². The van der Waals surface area contributed by atoms with Crippen molar-refractivity contribution in [3.63, 3.8) is 0 Å². The van der Waals surface area contributed by atoms with Crippen LogP contribution in [0.3, 0.4) is 0 Å². The monoisotopic (exact) mass is 674 g/mol. The van der Waals surface area contributed by atoms with Crippen molar-refractivity contribution in [1.82, 2.24) is 0 Å². The highest BCUT2D eigenvalue weighted by Crippen LogP contribution is 2.63. The van der Waals surface area contributed by atoms with E-state index in [2.05, 4.69) is 87.6 Å². The summed E-state index contributed by atoms with van der Waals surface area (Å²) in [5.74, 6) is -1.17. The van der Waals surface area contributed by atoms with Crippen LogP contribution in [0.2, 0.25) is 0 Å². The molecular formula is C30H44F5IOS. The molecule has 8 heteroatoms. The lowest BCUT2D eigenvalue weighted by Crippen LogP contribution is -2.47. The smallest absolute Gasteiger partial charge is 0.312 e. The van der Waals surface area contributed by atoms with Gasteiger partial charge in [0.2, 0.25) is 0 Å². The molecule has 3 aliphatic rings. The molecule has 3 aliphatic carbocycles. The lowest BCUT2D eigenvalue weighted by atomic mass is 9.52. The van der Waals surface area contributed by atoms with Gasteiger partial charge in [-0.05, 0) is 103 Å². The molecular weight excluding hydrogens is 630 g/mol. The van der Waals surface area contributed by atoms with Crippen molar-refractivity contribution in [2.75, 3.05) is 5.75 Å². The molecule has 0 N–H and O–H groups in total. The molecule has 0 radical (unpaired) electrons. The van der Waals surface area contributed by atoms with Crippen LogP contribution in [0, 0.1) is 28.6 Å². The number of thiol groups is 1. The van der Waals surface area contributed by atoms with Gasteiger partial charge in [0.25, 0.3) is 0 Å². The topological polar surface area (TPSA) is 9.23 Å². The molecule has 2 saturated carbocycles. The van der Waals surface area contributed by atoms with Gasteiger partial charge in [0.1, 0.15) is 23.0 Å². The van der Waals surface area contributed by atoms with Crippen molar-refractivity contribution in [3.05, 3.63) is 35.4 Å². The largest absolute Gasteiger partial charge is 0.453 e. The van der Waals surface area contributed by atoms with Gasteiger partial charge in [-0.2, -0.15) is 34.6 Å². The number of rotatable bonds is 8.